The molecule has 1 aromatic carbocycles. The van der Waals surface area contributed by atoms with Crippen LogP contribution in [0.5, 0.6) is 0 Å². The molecule has 0 radical (unpaired) electrons. The maximum atomic E-state index is 12.2. The van der Waals surface area contributed by atoms with Gasteiger partial charge in [0.25, 0.3) is 0 Å². The summed E-state index contributed by atoms with van der Waals surface area (Å²) in [7, 11) is 0. The summed E-state index contributed by atoms with van der Waals surface area (Å²) in [6.45, 7) is 3.62. The molecule has 0 saturated carbocycles. The maximum absolute atomic E-state index is 12.2. The summed E-state index contributed by atoms with van der Waals surface area (Å²) in [5.74, 6) is -1.32. The second-order valence-corrected chi connectivity index (χ2v) is 5.79. The first-order valence-electron chi connectivity index (χ1n) is 7.28. The molecule has 122 valence electrons. The van der Waals surface area contributed by atoms with E-state index in [0.29, 0.717) is 5.56 Å². The van der Waals surface area contributed by atoms with Crippen LogP contribution in [0.25, 0.3) is 10.4 Å². The van der Waals surface area contributed by atoms with Crippen LogP contribution in [0.3, 0.4) is 0 Å². The molecule has 0 unspecified atom stereocenters. The van der Waals surface area contributed by atoms with Gasteiger partial charge in [0.15, 0.2) is 11.9 Å². The Morgan fingerprint density at radius 2 is 2.00 bits per heavy atom. The summed E-state index contributed by atoms with van der Waals surface area (Å²) in [5.41, 5.74) is 8.90. The number of carbonyl (C=O) groups excluding carboxylic acids is 1. The largest absolute Gasteiger partial charge is 0.429 e. The van der Waals surface area contributed by atoms with Crippen LogP contribution in [0, 0.1) is 0 Å². The summed E-state index contributed by atoms with van der Waals surface area (Å²) in [6, 6.07) is 8.62. The number of azide groups is 1. The average molecular weight is 319 g/mol. The summed E-state index contributed by atoms with van der Waals surface area (Å²) < 4.78 is 22.6. The molecule has 2 saturated heterocycles. The van der Waals surface area contributed by atoms with Gasteiger partial charge in [-0.1, -0.05) is 23.3 Å². The van der Waals surface area contributed by atoms with Gasteiger partial charge >= 0.3 is 5.97 Å². The lowest BCUT2D eigenvalue weighted by atomic mass is 10.1. The Hall–Kier alpha value is -2.12. The molecule has 0 spiro atoms. The van der Waals surface area contributed by atoms with E-state index in [1.54, 1.807) is 38.1 Å². The van der Waals surface area contributed by atoms with Gasteiger partial charge in [0.2, 0.25) is 6.29 Å². The highest BCUT2D eigenvalue weighted by molar-refractivity contribution is 5.89. The van der Waals surface area contributed by atoms with E-state index < -0.39 is 36.4 Å². The van der Waals surface area contributed by atoms with Crippen LogP contribution >= 0.6 is 0 Å². The number of rotatable bonds is 4. The van der Waals surface area contributed by atoms with Crippen molar-refractivity contribution in [3.05, 3.63) is 46.3 Å². The Kier molecular flexibility index (Phi) is 4.23. The number of fused-ring (bicyclic) bond motifs is 1. The van der Waals surface area contributed by atoms with Crippen molar-refractivity contribution in [1.82, 2.24) is 0 Å². The lowest BCUT2D eigenvalue weighted by Gasteiger charge is -2.23. The molecule has 23 heavy (non-hydrogen) atoms. The minimum atomic E-state index is -0.909. The van der Waals surface area contributed by atoms with E-state index in [9.17, 15) is 4.79 Å². The van der Waals surface area contributed by atoms with Gasteiger partial charge in [-0.2, -0.15) is 0 Å². The van der Waals surface area contributed by atoms with Crippen LogP contribution < -0.4 is 0 Å². The third kappa shape index (κ3) is 3.30. The molecule has 0 N–H and O–H groups in total. The Labute approximate surface area is 132 Å². The van der Waals surface area contributed by atoms with E-state index in [4.69, 9.17) is 24.5 Å². The highest BCUT2D eigenvalue weighted by atomic mass is 16.8. The first-order chi connectivity index (χ1) is 11.0. The number of benzene rings is 1. The summed E-state index contributed by atoms with van der Waals surface area (Å²) in [5, 5.41) is 3.51. The monoisotopic (exact) mass is 319 g/mol. The zero-order valence-electron chi connectivity index (χ0n) is 12.8. The van der Waals surface area contributed by atoms with Crippen molar-refractivity contribution in [1.29, 1.82) is 0 Å². The van der Waals surface area contributed by atoms with E-state index in [1.807, 2.05) is 6.07 Å². The summed E-state index contributed by atoms with van der Waals surface area (Å²) in [4.78, 5) is 14.9. The van der Waals surface area contributed by atoms with E-state index in [0.717, 1.165) is 0 Å². The van der Waals surface area contributed by atoms with Crippen molar-refractivity contribution in [2.75, 3.05) is 6.54 Å². The summed E-state index contributed by atoms with van der Waals surface area (Å²) >= 11 is 0. The quantitative estimate of drug-likeness (QED) is 0.367. The minimum absolute atomic E-state index is 0.0799. The third-order valence-electron chi connectivity index (χ3n) is 3.66. The number of ether oxygens (including phenoxy) is 4. The fraction of sp³-hybridized carbons (Fsp3) is 0.533. The molecule has 3 rings (SSSR count). The molecule has 0 aromatic heterocycles. The second kappa shape index (κ2) is 6.17. The molecule has 0 bridgehead atoms. The number of hydrogen-bond donors (Lipinski definition) is 0. The molecule has 2 aliphatic rings. The highest BCUT2D eigenvalue weighted by Crippen LogP contribution is 2.39. The fourth-order valence-corrected chi connectivity index (χ4v) is 2.75. The van der Waals surface area contributed by atoms with Gasteiger partial charge in [0.05, 0.1) is 18.2 Å². The van der Waals surface area contributed by atoms with Crippen molar-refractivity contribution >= 4 is 5.97 Å². The zero-order chi connectivity index (χ0) is 16.4. The number of esters is 1. The molecule has 0 aliphatic carbocycles. The predicted molar refractivity (Wildman–Crippen MR) is 78.4 cm³/mol. The zero-order valence-corrected chi connectivity index (χ0v) is 12.8. The Bertz CT molecular complexity index is 629. The van der Waals surface area contributed by atoms with E-state index >= 15 is 0 Å². The number of hydrogen-bond acceptors (Lipinski definition) is 6. The Balaban J connectivity index is 1.74. The van der Waals surface area contributed by atoms with Crippen LogP contribution in [0.15, 0.2) is 35.4 Å². The lowest BCUT2D eigenvalue weighted by molar-refractivity contribution is -0.218. The van der Waals surface area contributed by atoms with Crippen LogP contribution in [-0.4, -0.2) is 42.9 Å². The second-order valence-electron chi connectivity index (χ2n) is 5.79. The van der Waals surface area contributed by atoms with Gasteiger partial charge in [-0.25, -0.2) is 4.79 Å². The van der Waals surface area contributed by atoms with E-state index in [-0.39, 0.29) is 6.54 Å². The van der Waals surface area contributed by atoms with Crippen molar-refractivity contribution in [3.63, 3.8) is 0 Å². The van der Waals surface area contributed by atoms with Gasteiger partial charge in [0, 0.05) is 4.91 Å². The molecule has 1 aromatic rings. The van der Waals surface area contributed by atoms with E-state index in [2.05, 4.69) is 10.0 Å². The van der Waals surface area contributed by atoms with Gasteiger partial charge in [-0.15, -0.1) is 0 Å². The van der Waals surface area contributed by atoms with Crippen LogP contribution in [0.2, 0.25) is 0 Å². The van der Waals surface area contributed by atoms with Crippen molar-refractivity contribution < 1.29 is 23.7 Å². The van der Waals surface area contributed by atoms with E-state index in [1.165, 1.54) is 0 Å². The predicted octanol–water partition coefficient (Wildman–Crippen LogP) is 2.40. The topological polar surface area (TPSA) is 103 Å². The van der Waals surface area contributed by atoms with Gasteiger partial charge in [-0.05, 0) is 31.5 Å². The molecule has 2 aliphatic heterocycles. The standard InChI is InChI=1S/C15H17N3O5/c1-15(2)22-11-10(8-17-18-16)20-14(12(11)23-15)21-13(19)9-6-4-3-5-7-9/h3-7,10-12,14H,8H2,1-2H3/t10-,11-,12-,14+/m1/s1. The SMILES string of the molecule is CC1(C)O[C@H]2[C@H](OC(=O)c3ccccc3)O[C@H](CN=[N+]=[N-])[C@H]2O1. The molecular weight excluding hydrogens is 302 g/mol. The number of carbonyl (C=O) groups is 1. The highest BCUT2D eigenvalue weighted by Gasteiger charge is 2.56. The van der Waals surface area contributed by atoms with Crippen molar-refractivity contribution in [2.45, 2.75) is 44.2 Å². The van der Waals surface area contributed by atoms with Gasteiger partial charge in [-0.3, -0.25) is 0 Å². The first-order valence-corrected chi connectivity index (χ1v) is 7.28. The smallest absolute Gasteiger partial charge is 0.340 e. The van der Waals surface area contributed by atoms with Crippen LogP contribution in [-0.2, 0) is 18.9 Å². The molecule has 8 nitrogen and oxygen atoms in total. The maximum Gasteiger partial charge on any atom is 0.340 e. The average Bonchev–Trinajstić information content (AvgIpc) is 3.00. The van der Waals surface area contributed by atoms with Crippen LogP contribution in [0.4, 0.5) is 0 Å². The Morgan fingerprint density at radius 1 is 1.30 bits per heavy atom. The van der Waals surface area contributed by atoms with Crippen LogP contribution in [0.1, 0.15) is 24.2 Å². The van der Waals surface area contributed by atoms with Gasteiger partial charge < -0.3 is 18.9 Å². The normalized spacial score (nSPS) is 31.2. The van der Waals surface area contributed by atoms with Crippen molar-refractivity contribution in [3.8, 4) is 0 Å². The molecule has 2 fully saturated rings. The van der Waals surface area contributed by atoms with Crippen molar-refractivity contribution in [2.24, 2.45) is 5.11 Å². The molecule has 4 atom stereocenters. The summed E-state index contributed by atoms with van der Waals surface area (Å²) in [6.07, 6.45) is -2.44. The molecule has 8 heteroatoms. The molecule has 2 heterocycles. The lowest BCUT2D eigenvalue weighted by Crippen LogP contribution is -2.33. The Morgan fingerprint density at radius 3 is 2.70 bits per heavy atom. The number of nitrogens with zero attached hydrogens (tertiary/aromatic N) is 3. The fourth-order valence-electron chi connectivity index (χ4n) is 2.75. The third-order valence-corrected chi connectivity index (χ3v) is 3.66. The molecule has 0 amide bonds. The van der Waals surface area contributed by atoms with Gasteiger partial charge in [0.1, 0.15) is 6.10 Å². The molecular formula is C15H17N3O5. The first kappa shape index (κ1) is 15.8. The minimum Gasteiger partial charge on any atom is -0.429 e.